The zero-order chi connectivity index (χ0) is 10.1. The highest BCUT2D eigenvalue weighted by Crippen LogP contribution is 2.27. The van der Waals surface area contributed by atoms with Gasteiger partial charge in [-0.2, -0.15) is 0 Å². The molecule has 14 heavy (non-hydrogen) atoms. The maximum atomic E-state index is 6.98. The van der Waals surface area contributed by atoms with Gasteiger partial charge in [0, 0.05) is 6.20 Å². The number of pyridine rings is 1. The van der Waals surface area contributed by atoms with Crippen molar-refractivity contribution in [2.45, 2.75) is 6.92 Å². The number of benzene rings is 1. The Morgan fingerprint density at radius 3 is 2.93 bits per heavy atom. The van der Waals surface area contributed by atoms with E-state index in [1.807, 2.05) is 13.0 Å². The molecule has 68 valence electrons. The van der Waals surface area contributed by atoms with Gasteiger partial charge in [-0.05, 0) is 29.3 Å². The first kappa shape index (κ1) is 8.98. The van der Waals surface area contributed by atoms with Crippen LogP contribution in [0.3, 0.4) is 0 Å². The van der Waals surface area contributed by atoms with Crippen molar-refractivity contribution in [1.29, 1.82) is 0 Å². The second kappa shape index (κ2) is 3.28. The van der Waals surface area contributed by atoms with Crippen LogP contribution in [0.4, 0.5) is 5.69 Å². The fourth-order valence-electron chi connectivity index (χ4n) is 1.45. The summed E-state index contributed by atoms with van der Waals surface area (Å²) in [7, 11) is 0. The van der Waals surface area contributed by atoms with Gasteiger partial charge >= 0.3 is 0 Å². The predicted octanol–water partition coefficient (Wildman–Crippen LogP) is 3.75. The van der Waals surface area contributed by atoms with Gasteiger partial charge in [0.05, 0.1) is 6.57 Å². The minimum atomic E-state index is 0.479. The molecule has 2 rings (SSSR count). The van der Waals surface area contributed by atoms with Crippen LogP contribution < -0.4 is 0 Å². The van der Waals surface area contributed by atoms with E-state index in [1.165, 1.54) is 0 Å². The normalized spacial score (nSPS) is 10.1. The lowest BCUT2D eigenvalue weighted by Crippen LogP contribution is -1.81. The first-order chi connectivity index (χ1) is 6.72. The van der Waals surface area contributed by atoms with E-state index >= 15 is 0 Å². The fraction of sp³-hybridized carbons (Fsp3) is 0.0909. The fourth-order valence-corrected chi connectivity index (χ4v) is 1.61. The van der Waals surface area contributed by atoms with Crippen molar-refractivity contribution in [2.24, 2.45) is 0 Å². The van der Waals surface area contributed by atoms with Crippen molar-refractivity contribution in [3.8, 4) is 0 Å². The minimum Gasteiger partial charge on any atom is -0.244 e. The van der Waals surface area contributed by atoms with E-state index in [4.69, 9.17) is 18.2 Å². The summed E-state index contributed by atoms with van der Waals surface area (Å²) in [5.74, 6) is 0. The number of hydrogen-bond acceptors (Lipinski definition) is 1. The maximum Gasteiger partial charge on any atom is 0.190 e. The number of aryl methyl sites for hydroxylation is 1. The highest BCUT2D eigenvalue weighted by molar-refractivity contribution is 6.30. The summed E-state index contributed by atoms with van der Waals surface area (Å²) < 4.78 is 0. The first-order valence-corrected chi connectivity index (χ1v) is 4.52. The third kappa shape index (κ3) is 1.32. The van der Waals surface area contributed by atoms with Crippen LogP contribution >= 0.6 is 11.6 Å². The summed E-state index contributed by atoms with van der Waals surface area (Å²) in [6, 6.07) is 5.50. The third-order valence-corrected chi connectivity index (χ3v) is 2.44. The summed E-state index contributed by atoms with van der Waals surface area (Å²) in [4.78, 5) is 7.44. The number of fused-ring (bicyclic) bond motifs is 1. The molecule has 0 bridgehead atoms. The minimum absolute atomic E-state index is 0.479. The average molecular weight is 203 g/mol. The Kier molecular flexibility index (Phi) is 2.11. The van der Waals surface area contributed by atoms with Gasteiger partial charge in [-0.25, -0.2) is 9.83 Å². The van der Waals surface area contributed by atoms with Crippen molar-refractivity contribution in [3.63, 3.8) is 0 Å². The molecule has 0 N–H and O–H groups in total. The molecule has 2 nitrogen and oxygen atoms in total. The molecule has 0 unspecified atom stereocenters. The number of hydrogen-bond donors (Lipinski definition) is 0. The molecule has 0 aliphatic rings. The third-order valence-electron chi connectivity index (χ3n) is 2.23. The van der Waals surface area contributed by atoms with Gasteiger partial charge in [0.25, 0.3) is 0 Å². The summed E-state index contributed by atoms with van der Waals surface area (Å²) in [6.45, 7) is 8.90. The molecule has 3 heteroatoms. The van der Waals surface area contributed by atoms with E-state index in [-0.39, 0.29) is 0 Å². The lowest BCUT2D eigenvalue weighted by molar-refractivity contribution is 1.35. The molecule has 2 aromatic rings. The van der Waals surface area contributed by atoms with Gasteiger partial charge in [-0.15, -0.1) is 0 Å². The molecule has 0 amide bonds. The zero-order valence-electron chi connectivity index (χ0n) is 7.58. The van der Waals surface area contributed by atoms with E-state index in [0.717, 1.165) is 16.3 Å². The highest BCUT2D eigenvalue weighted by Gasteiger charge is 2.03. The van der Waals surface area contributed by atoms with Crippen molar-refractivity contribution in [1.82, 2.24) is 4.98 Å². The van der Waals surface area contributed by atoms with Gasteiger partial charge in [0.1, 0.15) is 5.15 Å². The highest BCUT2D eigenvalue weighted by atomic mass is 35.5. The van der Waals surface area contributed by atoms with E-state index < -0.39 is 0 Å². The topological polar surface area (TPSA) is 17.2 Å². The molecular formula is C11H7ClN2. The number of nitrogens with zero attached hydrogens (tertiary/aromatic N) is 2. The van der Waals surface area contributed by atoms with Crippen LogP contribution in [0.5, 0.6) is 0 Å². The van der Waals surface area contributed by atoms with E-state index in [1.54, 1.807) is 18.3 Å². The van der Waals surface area contributed by atoms with Crippen molar-refractivity contribution in [3.05, 3.63) is 46.5 Å². The van der Waals surface area contributed by atoms with Crippen LogP contribution in [0, 0.1) is 13.5 Å². The monoisotopic (exact) mass is 202 g/mol. The maximum absolute atomic E-state index is 6.98. The second-order valence-corrected chi connectivity index (χ2v) is 3.44. The van der Waals surface area contributed by atoms with Gasteiger partial charge in [-0.3, -0.25) is 0 Å². The molecule has 1 heterocycles. The SMILES string of the molecule is [C-]#[N+]c1ccc2cc(Cl)ncc2c1C. The van der Waals surface area contributed by atoms with E-state index in [2.05, 4.69) is 9.83 Å². The molecule has 0 spiro atoms. The molecule has 1 aromatic heterocycles. The van der Waals surface area contributed by atoms with E-state index in [9.17, 15) is 0 Å². The Bertz CT molecular complexity index is 541. The molecular weight excluding hydrogens is 196 g/mol. The van der Waals surface area contributed by atoms with Crippen molar-refractivity contribution < 1.29 is 0 Å². The standard InChI is InChI=1S/C11H7ClN2/c1-7-9-6-14-11(12)5-8(9)3-4-10(7)13-2/h3-6H,1H3. The Labute approximate surface area is 87.0 Å². The quantitative estimate of drug-likeness (QED) is 0.470. The van der Waals surface area contributed by atoms with Crippen LogP contribution in [0.1, 0.15) is 5.56 Å². The molecule has 0 radical (unpaired) electrons. The summed E-state index contributed by atoms with van der Waals surface area (Å²) in [5, 5.41) is 2.49. The number of halogens is 1. The van der Waals surface area contributed by atoms with Gasteiger partial charge in [-0.1, -0.05) is 23.7 Å². The lowest BCUT2D eigenvalue weighted by atomic mass is 10.1. The van der Waals surface area contributed by atoms with Crippen LogP contribution in [-0.4, -0.2) is 4.98 Å². The summed E-state index contributed by atoms with van der Waals surface area (Å²) in [6.07, 6.45) is 1.71. The number of rotatable bonds is 0. The molecule has 0 fully saturated rings. The Morgan fingerprint density at radius 1 is 1.43 bits per heavy atom. The zero-order valence-corrected chi connectivity index (χ0v) is 8.34. The smallest absolute Gasteiger partial charge is 0.190 e. The first-order valence-electron chi connectivity index (χ1n) is 4.14. The van der Waals surface area contributed by atoms with Gasteiger partial charge in [0.2, 0.25) is 0 Å². The predicted molar refractivity (Wildman–Crippen MR) is 57.8 cm³/mol. The van der Waals surface area contributed by atoms with Crippen molar-refractivity contribution >= 4 is 28.1 Å². The van der Waals surface area contributed by atoms with Gasteiger partial charge in [0.15, 0.2) is 5.69 Å². The van der Waals surface area contributed by atoms with Crippen LogP contribution in [-0.2, 0) is 0 Å². The van der Waals surface area contributed by atoms with Crippen LogP contribution in [0.2, 0.25) is 5.15 Å². The largest absolute Gasteiger partial charge is 0.244 e. The van der Waals surface area contributed by atoms with E-state index in [0.29, 0.717) is 10.8 Å². The molecule has 0 aliphatic heterocycles. The van der Waals surface area contributed by atoms with Crippen LogP contribution in [0.25, 0.3) is 15.6 Å². The molecule has 0 saturated heterocycles. The lowest BCUT2D eigenvalue weighted by Gasteiger charge is -2.03. The molecule has 0 aliphatic carbocycles. The Hall–Kier alpha value is -1.59. The molecule has 0 saturated carbocycles. The summed E-state index contributed by atoms with van der Waals surface area (Å²) >= 11 is 5.77. The molecule has 1 aromatic carbocycles. The Balaban J connectivity index is 2.85. The average Bonchev–Trinajstić information content (AvgIpc) is 2.18. The van der Waals surface area contributed by atoms with Crippen molar-refractivity contribution in [2.75, 3.05) is 0 Å². The van der Waals surface area contributed by atoms with Gasteiger partial charge < -0.3 is 0 Å². The summed E-state index contributed by atoms with van der Waals surface area (Å²) in [5.41, 5.74) is 1.63. The number of aromatic nitrogens is 1. The Morgan fingerprint density at radius 2 is 2.21 bits per heavy atom. The second-order valence-electron chi connectivity index (χ2n) is 3.05. The van der Waals surface area contributed by atoms with Crippen LogP contribution in [0.15, 0.2) is 24.4 Å². The molecule has 0 atom stereocenters.